The van der Waals surface area contributed by atoms with Gasteiger partial charge in [-0.3, -0.25) is 10.0 Å². The molecule has 3 aromatic rings. The zero-order chi connectivity index (χ0) is 23.4. The van der Waals surface area contributed by atoms with Gasteiger partial charge in [-0.2, -0.15) is 23.1 Å². The van der Waals surface area contributed by atoms with E-state index in [2.05, 4.69) is 40.3 Å². The molecule has 3 heterocycles. The molecule has 32 heavy (non-hydrogen) atoms. The van der Waals surface area contributed by atoms with E-state index in [1.54, 1.807) is 0 Å². The lowest BCUT2D eigenvalue weighted by Crippen LogP contribution is -2.18. The van der Waals surface area contributed by atoms with Crippen LogP contribution in [0.5, 0.6) is 0 Å². The molecule has 0 fully saturated rings. The molecule has 0 atom stereocenters. The molecule has 3 rings (SSSR count). The Morgan fingerprint density at radius 1 is 1.03 bits per heavy atom. The molecule has 15 heteroatoms. The van der Waals surface area contributed by atoms with Crippen molar-refractivity contribution in [3.8, 4) is 0 Å². The average Bonchev–Trinajstić information content (AvgIpc) is 2.72. The molecule has 0 aromatic carbocycles. The van der Waals surface area contributed by atoms with Gasteiger partial charge in [-0.1, -0.05) is 6.07 Å². The van der Waals surface area contributed by atoms with Crippen LogP contribution in [0.4, 0.5) is 42.5 Å². The number of nitrogens with one attached hydrogen (secondary N) is 3. The first kappa shape index (κ1) is 22.9. The quantitative estimate of drug-likeness (QED) is 0.385. The molecule has 0 bridgehead atoms. The van der Waals surface area contributed by atoms with Crippen molar-refractivity contribution >= 4 is 39.4 Å². The van der Waals surface area contributed by atoms with Crippen LogP contribution in [0.1, 0.15) is 18.1 Å². The minimum absolute atomic E-state index is 0.000716. The molecule has 0 aliphatic rings. The van der Waals surface area contributed by atoms with Gasteiger partial charge in [0.15, 0.2) is 0 Å². The van der Waals surface area contributed by atoms with Crippen molar-refractivity contribution in [2.75, 3.05) is 26.8 Å². The van der Waals surface area contributed by atoms with Gasteiger partial charge in [-0.25, -0.2) is 23.4 Å². The van der Waals surface area contributed by atoms with Crippen molar-refractivity contribution in [2.45, 2.75) is 19.6 Å². The van der Waals surface area contributed by atoms with E-state index in [4.69, 9.17) is 5.73 Å². The van der Waals surface area contributed by atoms with Crippen LogP contribution >= 0.6 is 0 Å². The van der Waals surface area contributed by atoms with E-state index in [0.29, 0.717) is 11.8 Å². The standard InChI is InChI=1S/C17H18F3N9O2S/c1-2-32(30,31)29-13-10(4-3-6-22-13)8-24-14-11(17(18,19)20)9-25-16(27-14)28-15-23-7-5-12(21)26-15/h3-7,9H,2,8H2,1H3,(H,22,29)(H4,21,23,24,25,26,27,28). The van der Waals surface area contributed by atoms with Crippen LogP contribution in [0.3, 0.4) is 0 Å². The van der Waals surface area contributed by atoms with E-state index < -0.39 is 27.6 Å². The minimum atomic E-state index is -4.74. The highest BCUT2D eigenvalue weighted by atomic mass is 32.2. The van der Waals surface area contributed by atoms with Gasteiger partial charge in [-0.15, -0.1) is 0 Å². The second-order valence-electron chi connectivity index (χ2n) is 6.25. The first-order chi connectivity index (χ1) is 15.1. The molecular formula is C17H18F3N9O2S. The molecule has 0 unspecified atom stereocenters. The van der Waals surface area contributed by atoms with Crippen molar-refractivity contribution in [3.05, 3.63) is 47.9 Å². The summed E-state index contributed by atoms with van der Waals surface area (Å²) in [5.41, 5.74) is 4.75. The van der Waals surface area contributed by atoms with E-state index in [0.717, 1.165) is 0 Å². The maximum atomic E-state index is 13.4. The van der Waals surface area contributed by atoms with Gasteiger partial charge in [-0.05, 0) is 19.1 Å². The zero-order valence-corrected chi connectivity index (χ0v) is 17.4. The third-order valence-corrected chi connectivity index (χ3v) is 5.23. The van der Waals surface area contributed by atoms with Crippen LogP contribution in [0.2, 0.25) is 0 Å². The maximum Gasteiger partial charge on any atom is 0.421 e. The van der Waals surface area contributed by atoms with Gasteiger partial charge >= 0.3 is 6.18 Å². The minimum Gasteiger partial charge on any atom is -0.384 e. The number of pyridine rings is 1. The number of hydrogen-bond acceptors (Lipinski definition) is 10. The van der Waals surface area contributed by atoms with Crippen LogP contribution in [0.25, 0.3) is 0 Å². The number of nitrogens with two attached hydrogens (primary N) is 1. The highest BCUT2D eigenvalue weighted by molar-refractivity contribution is 7.92. The number of nitrogen functional groups attached to an aromatic ring is 1. The maximum absolute atomic E-state index is 13.4. The molecule has 5 N–H and O–H groups in total. The first-order valence-corrected chi connectivity index (χ1v) is 10.7. The monoisotopic (exact) mass is 469 g/mol. The fraction of sp³-hybridized carbons (Fsp3) is 0.235. The SMILES string of the molecule is CCS(=O)(=O)Nc1ncccc1CNc1nc(Nc2nccc(N)n2)ncc1C(F)(F)F. The Kier molecular flexibility index (Phi) is 6.57. The summed E-state index contributed by atoms with van der Waals surface area (Å²) in [5.74, 6) is -0.792. The lowest BCUT2D eigenvalue weighted by Gasteiger charge is -2.16. The fourth-order valence-electron chi connectivity index (χ4n) is 2.39. The van der Waals surface area contributed by atoms with Crippen molar-refractivity contribution < 1.29 is 21.6 Å². The number of halogens is 3. The molecular weight excluding hydrogens is 451 g/mol. The Hall–Kier alpha value is -3.75. The van der Waals surface area contributed by atoms with Crippen LogP contribution in [-0.4, -0.2) is 39.1 Å². The van der Waals surface area contributed by atoms with Gasteiger partial charge in [0.05, 0.1) is 5.75 Å². The van der Waals surface area contributed by atoms with Gasteiger partial charge in [0, 0.05) is 30.7 Å². The summed E-state index contributed by atoms with van der Waals surface area (Å²) in [6, 6.07) is 4.47. The Bertz CT molecular complexity index is 1210. The molecule has 0 aliphatic heterocycles. The van der Waals surface area contributed by atoms with Gasteiger partial charge in [0.25, 0.3) is 0 Å². The number of anilines is 5. The summed E-state index contributed by atoms with van der Waals surface area (Å²) in [7, 11) is -3.63. The largest absolute Gasteiger partial charge is 0.421 e. The third kappa shape index (κ3) is 5.90. The number of alkyl halides is 3. The fourth-order valence-corrected chi connectivity index (χ4v) is 3.01. The van der Waals surface area contributed by atoms with Crippen LogP contribution < -0.4 is 21.1 Å². The van der Waals surface area contributed by atoms with Gasteiger partial charge in [0.1, 0.15) is 23.0 Å². The summed E-state index contributed by atoms with van der Waals surface area (Å²) < 4.78 is 66.3. The predicted molar refractivity (Wildman–Crippen MR) is 111 cm³/mol. The molecule has 0 amide bonds. The van der Waals surface area contributed by atoms with E-state index in [9.17, 15) is 21.6 Å². The Labute approximate surface area is 180 Å². The first-order valence-electron chi connectivity index (χ1n) is 9.05. The molecule has 0 aliphatic carbocycles. The molecule has 0 saturated heterocycles. The van der Waals surface area contributed by atoms with E-state index in [1.807, 2.05) is 0 Å². The average molecular weight is 469 g/mol. The summed E-state index contributed by atoms with van der Waals surface area (Å²) >= 11 is 0. The molecule has 3 aromatic heterocycles. The number of rotatable bonds is 8. The van der Waals surface area contributed by atoms with Crippen LogP contribution in [-0.2, 0) is 22.7 Å². The highest BCUT2D eigenvalue weighted by Gasteiger charge is 2.35. The Morgan fingerprint density at radius 3 is 2.47 bits per heavy atom. The van der Waals surface area contributed by atoms with E-state index >= 15 is 0 Å². The van der Waals surface area contributed by atoms with Gasteiger partial charge in [0.2, 0.25) is 21.9 Å². The molecule has 0 spiro atoms. The zero-order valence-electron chi connectivity index (χ0n) is 16.6. The predicted octanol–water partition coefficient (Wildman–Crippen LogP) is 2.38. The van der Waals surface area contributed by atoms with E-state index in [-0.39, 0.29) is 35.8 Å². The van der Waals surface area contributed by atoms with Crippen LogP contribution in [0, 0.1) is 0 Å². The number of sulfonamides is 1. The lowest BCUT2D eigenvalue weighted by molar-refractivity contribution is -0.137. The van der Waals surface area contributed by atoms with Crippen molar-refractivity contribution in [2.24, 2.45) is 0 Å². The normalized spacial score (nSPS) is 11.8. The molecule has 0 radical (unpaired) electrons. The molecule has 11 nitrogen and oxygen atoms in total. The second kappa shape index (κ2) is 9.17. The summed E-state index contributed by atoms with van der Waals surface area (Å²) in [5, 5.41) is 5.14. The number of hydrogen-bond donors (Lipinski definition) is 4. The Morgan fingerprint density at radius 2 is 1.78 bits per heavy atom. The van der Waals surface area contributed by atoms with Crippen molar-refractivity contribution in [3.63, 3.8) is 0 Å². The summed E-state index contributed by atoms with van der Waals surface area (Å²) in [4.78, 5) is 19.2. The number of nitrogens with zero attached hydrogens (tertiary/aromatic N) is 5. The van der Waals surface area contributed by atoms with Crippen LogP contribution in [0.15, 0.2) is 36.8 Å². The van der Waals surface area contributed by atoms with Crippen molar-refractivity contribution in [1.29, 1.82) is 0 Å². The lowest BCUT2D eigenvalue weighted by atomic mass is 10.2. The second-order valence-corrected chi connectivity index (χ2v) is 8.26. The smallest absolute Gasteiger partial charge is 0.384 e. The third-order valence-electron chi connectivity index (χ3n) is 3.96. The van der Waals surface area contributed by atoms with Crippen molar-refractivity contribution in [1.82, 2.24) is 24.9 Å². The molecule has 170 valence electrons. The topological polar surface area (TPSA) is 161 Å². The Balaban J connectivity index is 1.88. The number of aromatic nitrogens is 5. The summed E-state index contributed by atoms with van der Waals surface area (Å²) in [6.45, 7) is 1.24. The van der Waals surface area contributed by atoms with E-state index in [1.165, 1.54) is 37.5 Å². The van der Waals surface area contributed by atoms with Gasteiger partial charge < -0.3 is 11.1 Å². The molecule has 0 saturated carbocycles. The highest BCUT2D eigenvalue weighted by Crippen LogP contribution is 2.34. The summed E-state index contributed by atoms with van der Waals surface area (Å²) in [6.07, 6.45) is -1.42.